The minimum Gasteiger partial charge on any atom is -0.383 e. The first-order valence-corrected chi connectivity index (χ1v) is 8.47. The molecule has 5 nitrogen and oxygen atoms in total. The fraction of sp³-hybridized carbons (Fsp3) is 0.300. The van der Waals surface area contributed by atoms with E-state index in [2.05, 4.69) is 5.32 Å². The van der Waals surface area contributed by atoms with Gasteiger partial charge in [-0.05, 0) is 36.6 Å². The van der Waals surface area contributed by atoms with Crippen LogP contribution in [-0.4, -0.2) is 35.5 Å². The van der Waals surface area contributed by atoms with Crippen LogP contribution < -0.4 is 11.1 Å². The second-order valence-electron chi connectivity index (χ2n) is 6.47. The minimum absolute atomic E-state index is 0.0737. The van der Waals surface area contributed by atoms with E-state index in [-0.39, 0.29) is 13.0 Å². The molecule has 27 heavy (non-hydrogen) atoms. The van der Waals surface area contributed by atoms with E-state index in [1.54, 1.807) is 24.3 Å². The molecule has 0 saturated heterocycles. The third-order valence-corrected chi connectivity index (χ3v) is 4.46. The minimum atomic E-state index is -3.13. The Bertz CT molecular complexity index is 778. The van der Waals surface area contributed by atoms with Gasteiger partial charge >= 0.3 is 0 Å². The van der Waals surface area contributed by atoms with Crippen LogP contribution in [0.1, 0.15) is 23.7 Å². The molecule has 0 aromatic heterocycles. The van der Waals surface area contributed by atoms with Crippen molar-refractivity contribution in [3.63, 3.8) is 0 Å². The van der Waals surface area contributed by atoms with E-state index in [1.165, 1.54) is 0 Å². The Balaban J connectivity index is 1.96. The Kier molecular flexibility index (Phi) is 6.63. The molecular formula is C20H22F2N2O3. The number of amides is 2. The van der Waals surface area contributed by atoms with Crippen molar-refractivity contribution in [2.75, 3.05) is 6.54 Å². The molecule has 0 fully saturated rings. The summed E-state index contributed by atoms with van der Waals surface area (Å²) in [6.45, 7) is 0.785. The van der Waals surface area contributed by atoms with E-state index in [0.29, 0.717) is 5.56 Å². The fourth-order valence-electron chi connectivity index (χ4n) is 2.75. The molecule has 2 unspecified atom stereocenters. The normalized spacial score (nSPS) is 14.4. The van der Waals surface area contributed by atoms with Crippen molar-refractivity contribution in [3.05, 3.63) is 60.2 Å². The van der Waals surface area contributed by atoms with Crippen LogP contribution >= 0.6 is 0 Å². The van der Waals surface area contributed by atoms with Crippen molar-refractivity contribution in [1.82, 2.24) is 5.32 Å². The summed E-state index contributed by atoms with van der Waals surface area (Å²) in [5, 5.41) is 12.3. The van der Waals surface area contributed by atoms with Gasteiger partial charge in [0, 0.05) is 12.1 Å². The molecule has 144 valence electrons. The summed E-state index contributed by atoms with van der Waals surface area (Å²) in [4.78, 5) is 23.6. The maximum absolute atomic E-state index is 12.9. The summed E-state index contributed by atoms with van der Waals surface area (Å²) in [7, 11) is 0. The molecule has 0 radical (unpaired) electrons. The number of benzene rings is 2. The van der Waals surface area contributed by atoms with Crippen LogP contribution in [0.3, 0.4) is 0 Å². The molecule has 2 aromatic rings. The lowest BCUT2D eigenvalue weighted by Crippen LogP contribution is -2.49. The van der Waals surface area contributed by atoms with E-state index < -0.39 is 29.8 Å². The lowest BCUT2D eigenvalue weighted by Gasteiger charge is -2.29. The van der Waals surface area contributed by atoms with Gasteiger partial charge in [-0.25, -0.2) is 8.78 Å². The van der Waals surface area contributed by atoms with Crippen LogP contribution in [-0.2, 0) is 4.79 Å². The predicted molar refractivity (Wildman–Crippen MR) is 98.1 cm³/mol. The van der Waals surface area contributed by atoms with E-state index in [1.807, 2.05) is 30.3 Å². The Morgan fingerprint density at radius 2 is 1.63 bits per heavy atom. The molecule has 7 heteroatoms. The van der Waals surface area contributed by atoms with Crippen molar-refractivity contribution >= 4 is 11.8 Å². The molecule has 0 saturated carbocycles. The standard InChI is InChI=1S/C20H22F2N2O3/c1-20(27,19(21)22)16(17(23)25)11-12-24-18(26)15-9-7-14(8-10-15)13-5-3-2-4-6-13/h2-10,16,19,27H,11-12H2,1H3,(H2,23,25)(H,24,26). The number of hydrogen-bond donors (Lipinski definition) is 3. The zero-order valence-corrected chi connectivity index (χ0v) is 14.9. The maximum Gasteiger partial charge on any atom is 0.267 e. The van der Waals surface area contributed by atoms with Crippen molar-refractivity contribution < 1.29 is 23.5 Å². The molecule has 2 aromatic carbocycles. The summed E-state index contributed by atoms with van der Waals surface area (Å²) in [6, 6.07) is 16.6. The number of primary amides is 1. The van der Waals surface area contributed by atoms with E-state index in [0.717, 1.165) is 18.1 Å². The molecule has 0 aliphatic heterocycles. The number of carbonyl (C=O) groups is 2. The van der Waals surface area contributed by atoms with Crippen LogP contribution in [0.25, 0.3) is 11.1 Å². The summed E-state index contributed by atoms with van der Waals surface area (Å²) >= 11 is 0. The van der Waals surface area contributed by atoms with Gasteiger partial charge in [0.25, 0.3) is 12.3 Å². The van der Waals surface area contributed by atoms with Crippen molar-refractivity contribution in [1.29, 1.82) is 0 Å². The van der Waals surface area contributed by atoms with E-state index >= 15 is 0 Å². The quantitative estimate of drug-likeness (QED) is 0.661. The number of alkyl halides is 2. The third-order valence-electron chi connectivity index (χ3n) is 4.46. The third kappa shape index (κ3) is 5.10. The number of halogens is 2. The first-order valence-electron chi connectivity index (χ1n) is 8.47. The summed E-state index contributed by atoms with van der Waals surface area (Å²) < 4.78 is 25.8. The smallest absolute Gasteiger partial charge is 0.267 e. The highest BCUT2D eigenvalue weighted by molar-refractivity contribution is 5.94. The molecule has 4 N–H and O–H groups in total. The van der Waals surface area contributed by atoms with Gasteiger partial charge in [-0.2, -0.15) is 0 Å². The largest absolute Gasteiger partial charge is 0.383 e. The number of carbonyl (C=O) groups excluding carboxylic acids is 2. The topological polar surface area (TPSA) is 92.4 Å². The second-order valence-corrected chi connectivity index (χ2v) is 6.47. The van der Waals surface area contributed by atoms with Gasteiger partial charge in [0.1, 0.15) is 5.60 Å². The highest BCUT2D eigenvalue weighted by atomic mass is 19.3. The highest BCUT2D eigenvalue weighted by Gasteiger charge is 2.43. The first kappa shape index (κ1) is 20.5. The number of aliphatic hydroxyl groups is 1. The van der Waals surface area contributed by atoms with Crippen LogP contribution in [0, 0.1) is 5.92 Å². The van der Waals surface area contributed by atoms with Crippen LogP contribution in [0.5, 0.6) is 0 Å². The van der Waals surface area contributed by atoms with Crippen LogP contribution in [0.15, 0.2) is 54.6 Å². The number of rotatable bonds is 8. The lowest BCUT2D eigenvalue weighted by atomic mass is 9.86. The summed E-state index contributed by atoms with van der Waals surface area (Å²) in [6.07, 6.45) is -3.32. The van der Waals surface area contributed by atoms with Crippen molar-refractivity contribution in [3.8, 4) is 11.1 Å². The second kappa shape index (κ2) is 8.73. The average molecular weight is 376 g/mol. The molecule has 2 amide bonds. The van der Waals surface area contributed by atoms with Gasteiger partial charge in [0.05, 0.1) is 5.92 Å². The van der Waals surface area contributed by atoms with Crippen molar-refractivity contribution in [2.24, 2.45) is 11.7 Å². The SMILES string of the molecule is CC(O)(C(F)F)C(CCNC(=O)c1ccc(-c2ccccc2)cc1)C(N)=O. The van der Waals surface area contributed by atoms with Gasteiger partial charge < -0.3 is 16.2 Å². The summed E-state index contributed by atoms with van der Waals surface area (Å²) in [5.41, 5.74) is 4.93. The van der Waals surface area contributed by atoms with E-state index in [9.17, 15) is 23.5 Å². The maximum atomic E-state index is 12.9. The fourth-order valence-corrected chi connectivity index (χ4v) is 2.75. The summed E-state index contributed by atoms with van der Waals surface area (Å²) in [5.74, 6) is -2.92. The molecule has 0 heterocycles. The van der Waals surface area contributed by atoms with Gasteiger partial charge in [-0.1, -0.05) is 42.5 Å². The highest BCUT2D eigenvalue weighted by Crippen LogP contribution is 2.27. The molecular weight excluding hydrogens is 354 g/mol. The Morgan fingerprint density at radius 3 is 2.15 bits per heavy atom. The monoisotopic (exact) mass is 376 g/mol. The Morgan fingerprint density at radius 1 is 1.07 bits per heavy atom. The molecule has 0 aliphatic rings. The van der Waals surface area contributed by atoms with Gasteiger partial charge in [0.15, 0.2) is 0 Å². The Hall–Kier alpha value is -2.80. The van der Waals surface area contributed by atoms with Crippen LogP contribution in [0.4, 0.5) is 8.78 Å². The zero-order valence-electron chi connectivity index (χ0n) is 14.9. The molecule has 0 bridgehead atoms. The first-order chi connectivity index (χ1) is 12.7. The average Bonchev–Trinajstić information content (AvgIpc) is 2.65. The van der Waals surface area contributed by atoms with Crippen LogP contribution in [0.2, 0.25) is 0 Å². The molecule has 0 aliphatic carbocycles. The number of nitrogens with two attached hydrogens (primary N) is 1. The lowest BCUT2D eigenvalue weighted by molar-refractivity contribution is -0.149. The van der Waals surface area contributed by atoms with Gasteiger partial charge in [-0.3, -0.25) is 9.59 Å². The number of nitrogens with one attached hydrogen (secondary N) is 1. The molecule has 0 spiro atoms. The predicted octanol–water partition coefficient (Wildman–Crippen LogP) is 2.59. The molecule has 2 rings (SSSR count). The zero-order chi connectivity index (χ0) is 20.0. The number of hydrogen-bond acceptors (Lipinski definition) is 3. The van der Waals surface area contributed by atoms with E-state index in [4.69, 9.17) is 5.73 Å². The van der Waals surface area contributed by atoms with Crippen molar-refractivity contribution in [2.45, 2.75) is 25.4 Å². The molecule has 2 atom stereocenters. The van der Waals surface area contributed by atoms with Gasteiger partial charge in [0.2, 0.25) is 5.91 Å². The Labute approximate surface area is 156 Å². The van der Waals surface area contributed by atoms with Gasteiger partial charge in [-0.15, -0.1) is 0 Å².